The summed E-state index contributed by atoms with van der Waals surface area (Å²) in [4.78, 5) is 2.39. The first-order valence-corrected chi connectivity index (χ1v) is 11.4. The van der Waals surface area contributed by atoms with Crippen LogP contribution in [-0.4, -0.2) is 18.3 Å². The Hall–Kier alpha value is -2.82. The van der Waals surface area contributed by atoms with Crippen LogP contribution in [-0.2, 0) is 9.31 Å². The van der Waals surface area contributed by atoms with Crippen molar-refractivity contribution in [2.45, 2.75) is 51.7 Å². The van der Waals surface area contributed by atoms with E-state index in [4.69, 9.17) is 9.31 Å². The molecule has 0 unspecified atom stereocenters. The molecule has 1 fully saturated rings. The first-order valence-electron chi connectivity index (χ1n) is 11.4. The Morgan fingerprint density at radius 3 is 2.00 bits per heavy atom. The third-order valence-electron chi connectivity index (χ3n) is 6.98. The second kappa shape index (κ2) is 7.95. The van der Waals surface area contributed by atoms with E-state index in [9.17, 15) is 0 Å². The molecule has 0 N–H and O–H groups in total. The molecule has 1 aliphatic carbocycles. The molecule has 0 aromatic heterocycles. The lowest BCUT2D eigenvalue weighted by atomic mass is 9.79. The molecule has 4 heteroatoms. The number of rotatable bonds is 4. The Morgan fingerprint density at radius 1 is 0.719 bits per heavy atom. The van der Waals surface area contributed by atoms with E-state index in [0.717, 1.165) is 24.0 Å². The molecule has 1 heterocycles. The van der Waals surface area contributed by atoms with Crippen molar-refractivity contribution in [3.8, 4) is 0 Å². The van der Waals surface area contributed by atoms with E-state index >= 15 is 0 Å². The van der Waals surface area contributed by atoms with Gasteiger partial charge in [0.1, 0.15) is 0 Å². The van der Waals surface area contributed by atoms with Gasteiger partial charge < -0.3 is 14.2 Å². The molecule has 0 radical (unpaired) electrons. The fraction of sp³-hybridized carbons (Fsp3) is 0.286. The van der Waals surface area contributed by atoms with E-state index in [-0.39, 0.29) is 18.3 Å². The number of hydrogen-bond acceptors (Lipinski definition) is 3. The third-order valence-corrected chi connectivity index (χ3v) is 6.98. The van der Waals surface area contributed by atoms with Crippen molar-refractivity contribution in [3.63, 3.8) is 0 Å². The Bertz CT molecular complexity index is 1220. The normalized spacial score (nSPS) is 18.8. The zero-order valence-corrected chi connectivity index (χ0v) is 19.3. The fourth-order valence-electron chi connectivity index (χ4n) is 4.47. The maximum atomic E-state index is 6.25. The summed E-state index contributed by atoms with van der Waals surface area (Å²) < 4.78 is 12.5. The van der Waals surface area contributed by atoms with Crippen LogP contribution in [0, 0.1) is 0 Å². The predicted octanol–water partition coefficient (Wildman–Crippen LogP) is 4.51. The molecule has 3 nitrogen and oxygen atoms in total. The van der Waals surface area contributed by atoms with Gasteiger partial charge in [-0.15, -0.1) is 0 Å². The highest BCUT2D eigenvalue weighted by atomic mass is 16.7. The molecule has 0 bridgehead atoms. The van der Waals surface area contributed by atoms with Gasteiger partial charge in [0, 0.05) is 22.3 Å². The van der Waals surface area contributed by atoms with Gasteiger partial charge in [0.05, 0.1) is 11.2 Å². The van der Waals surface area contributed by atoms with Crippen LogP contribution in [0.2, 0.25) is 0 Å². The molecular weight excluding hydrogens is 393 g/mol. The van der Waals surface area contributed by atoms with Crippen LogP contribution in [0.3, 0.4) is 0 Å². The number of anilines is 2. The van der Waals surface area contributed by atoms with Crippen LogP contribution < -0.4 is 20.8 Å². The third kappa shape index (κ3) is 3.68. The highest BCUT2D eigenvalue weighted by molar-refractivity contribution is 6.62. The zero-order valence-electron chi connectivity index (χ0n) is 19.3. The summed E-state index contributed by atoms with van der Waals surface area (Å²) in [6, 6.07) is 27.9. The van der Waals surface area contributed by atoms with Crippen LogP contribution in [0.5, 0.6) is 0 Å². The smallest absolute Gasteiger partial charge is 0.399 e. The van der Waals surface area contributed by atoms with Crippen molar-refractivity contribution >= 4 is 35.7 Å². The van der Waals surface area contributed by atoms with Crippen LogP contribution in [0.15, 0.2) is 78.9 Å². The van der Waals surface area contributed by atoms with Crippen LogP contribution >= 0.6 is 0 Å². The predicted molar refractivity (Wildman–Crippen MR) is 134 cm³/mol. The van der Waals surface area contributed by atoms with Gasteiger partial charge in [0.15, 0.2) is 0 Å². The van der Waals surface area contributed by atoms with E-state index in [1.54, 1.807) is 0 Å². The average molecular weight is 423 g/mol. The van der Waals surface area contributed by atoms with Crippen molar-refractivity contribution in [2.24, 2.45) is 0 Å². The van der Waals surface area contributed by atoms with Crippen LogP contribution in [0.4, 0.5) is 11.4 Å². The Labute approximate surface area is 191 Å². The van der Waals surface area contributed by atoms with E-state index in [1.165, 1.54) is 21.8 Å². The first-order chi connectivity index (χ1) is 15.4. The largest absolute Gasteiger partial charge is 0.494 e. The number of hydrogen-bond donors (Lipinski definition) is 0. The minimum atomic E-state index is -0.350. The van der Waals surface area contributed by atoms with Gasteiger partial charge in [0.25, 0.3) is 0 Å². The van der Waals surface area contributed by atoms with E-state index < -0.39 is 0 Å². The number of para-hydroxylation sites is 1. The van der Waals surface area contributed by atoms with Gasteiger partial charge in [-0.1, -0.05) is 60.7 Å². The lowest BCUT2D eigenvalue weighted by Crippen LogP contribution is -2.41. The summed E-state index contributed by atoms with van der Waals surface area (Å²) in [7, 11) is -0.350. The van der Waals surface area contributed by atoms with Crippen molar-refractivity contribution in [2.75, 3.05) is 4.90 Å². The van der Waals surface area contributed by atoms with E-state index in [1.807, 2.05) is 0 Å². The summed E-state index contributed by atoms with van der Waals surface area (Å²) >= 11 is 0. The van der Waals surface area contributed by atoms with Crippen molar-refractivity contribution in [1.82, 2.24) is 0 Å². The average Bonchev–Trinajstić information content (AvgIpc) is 3.02. The SMILES string of the molecule is CC1(C)OB(c2ccc(N(C3=c4ccccc4=CCC3)c3ccccc3)cc2)OC1(C)C. The molecule has 0 atom stereocenters. The van der Waals surface area contributed by atoms with Gasteiger partial charge in [-0.25, -0.2) is 0 Å². The molecule has 0 saturated carbocycles. The van der Waals surface area contributed by atoms with Crippen LogP contribution in [0.25, 0.3) is 11.8 Å². The van der Waals surface area contributed by atoms with Gasteiger partial charge >= 0.3 is 7.12 Å². The molecule has 1 aliphatic heterocycles. The Kier molecular flexibility index (Phi) is 5.23. The van der Waals surface area contributed by atoms with Gasteiger partial charge in [0.2, 0.25) is 0 Å². The Balaban J connectivity index is 1.57. The maximum absolute atomic E-state index is 6.25. The summed E-state index contributed by atoms with van der Waals surface area (Å²) in [6.07, 6.45) is 4.38. The summed E-state index contributed by atoms with van der Waals surface area (Å²) in [6.45, 7) is 8.36. The molecule has 1 saturated heterocycles. The fourth-order valence-corrected chi connectivity index (χ4v) is 4.47. The minimum Gasteiger partial charge on any atom is -0.399 e. The topological polar surface area (TPSA) is 21.7 Å². The lowest BCUT2D eigenvalue weighted by Gasteiger charge is -2.32. The summed E-state index contributed by atoms with van der Waals surface area (Å²) in [5.74, 6) is 0. The monoisotopic (exact) mass is 423 g/mol. The summed E-state index contributed by atoms with van der Waals surface area (Å²) in [5.41, 5.74) is 4.00. The summed E-state index contributed by atoms with van der Waals surface area (Å²) in [5, 5.41) is 2.61. The highest BCUT2D eigenvalue weighted by Crippen LogP contribution is 2.37. The molecule has 0 amide bonds. The molecule has 32 heavy (non-hydrogen) atoms. The number of benzene rings is 3. The van der Waals surface area contributed by atoms with Gasteiger partial charge in [-0.2, -0.15) is 0 Å². The molecule has 3 aromatic rings. The molecule has 3 aromatic carbocycles. The standard InChI is InChI=1S/C28H30BNO2/c1-27(2)28(3,4)32-29(31-27)22-17-19-24(20-18-22)30(23-13-6-5-7-14-23)26-16-10-12-21-11-8-9-15-25(21)26/h5-9,11-15,17-20H,10,16H2,1-4H3. The second-order valence-corrected chi connectivity index (χ2v) is 9.63. The number of nitrogens with zero attached hydrogens (tertiary/aromatic N) is 1. The molecule has 5 rings (SSSR count). The van der Waals surface area contributed by atoms with Crippen LogP contribution in [0.1, 0.15) is 40.5 Å². The highest BCUT2D eigenvalue weighted by Gasteiger charge is 2.51. The maximum Gasteiger partial charge on any atom is 0.494 e. The number of fused-ring (bicyclic) bond motifs is 1. The molecule has 162 valence electrons. The zero-order chi connectivity index (χ0) is 22.3. The van der Waals surface area contributed by atoms with Crippen molar-refractivity contribution in [3.05, 3.63) is 89.3 Å². The van der Waals surface area contributed by atoms with Crippen molar-refractivity contribution < 1.29 is 9.31 Å². The van der Waals surface area contributed by atoms with Gasteiger partial charge in [-0.05, 0) is 75.5 Å². The molecule has 0 spiro atoms. The molecular formula is C28H30BNO2. The molecule has 2 aliphatic rings. The quantitative estimate of drug-likeness (QED) is 0.577. The van der Waals surface area contributed by atoms with E-state index in [2.05, 4.69) is 118 Å². The van der Waals surface area contributed by atoms with Gasteiger partial charge in [-0.3, -0.25) is 0 Å². The minimum absolute atomic E-state index is 0.343. The van der Waals surface area contributed by atoms with Crippen molar-refractivity contribution in [1.29, 1.82) is 0 Å². The lowest BCUT2D eigenvalue weighted by molar-refractivity contribution is 0.00578. The van der Waals surface area contributed by atoms with E-state index in [0.29, 0.717) is 0 Å². The second-order valence-electron chi connectivity index (χ2n) is 9.63. The first kappa shape index (κ1) is 21.1. The Morgan fingerprint density at radius 2 is 1.31 bits per heavy atom.